The summed E-state index contributed by atoms with van der Waals surface area (Å²) in [6, 6.07) is 15.6. The molecule has 178 valence electrons. The largest absolute Gasteiger partial charge is 0.494 e. The number of fused-ring (bicyclic) bond motifs is 1. The normalized spacial score (nSPS) is 20.3. The van der Waals surface area contributed by atoms with Crippen LogP contribution < -0.4 is 10.1 Å². The number of unbranched alkanes of at least 4 members (excludes halogenated alkanes) is 1. The molecule has 0 amide bonds. The van der Waals surface area contributed by atoms with Gasteiger partial charge in [-0.15, -0.1) is 0 Å². The predicted octanol–water partition coefficient (Wildman–Crippen LogP) is 8.47. The molecular formula is C29H41N3O. The first-order valence-electron chi connectivity index (χ1n) is 12.8. The molecule has 1 heterocycles. The molecule has 33 heavy (non-hydrogen) atoms. The third kappa shape index (κ3) is 5.54. The maximum absolute atomic E-state index is 5.98. The van der Waals surface area contributed by atoms with Gasteiger partial charge < -0.3 is 14.6 Å². The van der Waals surface area contributed by atoms with Crippen molar-refractivity contribution in [2.45, 2.75) is 85.6 Å². The Morgan fingerprint density at radius 2 is 1.88 bits per heavy atom. The third-order valence-corrected chi connectivity index (χ3v) is 6.99. The van der Waals surface area contributed by atoms with Crippen molar-refractivity contribution in [2.24, 2.45) is 11.3 Å². The number of aromatic nitrogens is 2. The second-order valence-corrected chi connectivity index (χ2v) is 11.1. The average molecular weight is 448 g/mol. The second-order valence-electron chi connectivity index (χ2n) is 11.1. The number of benzene rings is 2. The quantitative estimate of drug-likeness (QED) is 0.352. The molecule has 0 spiro atoms. The lowest BCUT2D eigenvalue weighted by molar-refractivity contribution is 0.140. The summed E-state index contributed by atoms with van der Waals surface area (Å²) in [7, 11) is 0. The predicted molar refractivity (Wildman–Crippen MR) is 140 cm³/mol. The Balaban J connectivity index is 1.71. The summed E-state index contributed by atoms with van der Waals surface area (Å²) in [5.74, 6) is 3.07. The smallest absolute Gasteiger partial charge is 0.208 e. The van der Waals surface area contributed by atoms with Crippen molar-refractivity contribution in [2.75, 3.05) is 11.9 Å². The van der Waals surface area contributed by atoms with E-state index in [0.29, 0.717) is 23.3 Å². The topological polar surface area (TPSA) is 39.1 Å². The Bertz CT molecular complexity index is 1060. The molecule has 0 unspecified atom stereocenters. The van der Waals surface area contributed by atoms with Crippen LogP contribution in [-0.4, -0.2) is 16.2 Å². The van der Waals surface area contributed by atoms with Crippen LogP contribution in [0.15, 0.2) is 42.5 Å². The minimum atomic E-state index is 0.332. The van der Waals surface area contributed by atoms with E-state index >= 15 is 0 Å². The molecular weight excluding hydrogens is 406 g/mol. The van der Waals surface area contributed by atoms with Gasteiger partial charge in [-0.1, -0.05) is 60.1 Å². The van der Waals surface area contributed by atoms with Crippen LogP contribution in [0, 0.1) is 11.3 Å². The van der Waals surface area contributed by atoms with Crippen LogP contribution in [0.5, 0.6) is 5.75 Å². The van der Waals surface area contributed by atoms with Crippen LogP contribution in [0.4, 0.5) is 11.6 Å². The average Bonchev–Trinajstić information content (AvgIpc) is 3.10. The molecule has 0 radical (unpaired) electrons. The van der Waals surface area contributed by atoms with E-state index in [4.69, 9.17) is 9.72 Å². The lowest BCUT2D eigenvalue weighted by atomic mass is 9.70. The summed E-state index contributed by atoms with van der Waals surface area (Å²) >= 11 is 0. The second kappa shape index (κ2) is 9.79. The molecule has 1 aliphatic carbocycles. The number of hydrogen-bond acceptors (Lipinski definition) is 3. The standard InChI is InChI=1S/C29H41N3O/c1-7-8-15-33-25-13-14-27-26(17-25)31-28(30-23-11-9-22(10-12-23)20(2)3)32(27)24-16-21(4)18-29(5,6)19-24/h9-14,17,20-21,24H,7-8,15-16,18-19H2,1-6H3,(H,30,31)/t21-,24+/m1/s1. The zero-order chi connectivity index (χ0) is 23.6. The molecule has 1 aromatic heterocycles. The van der Waals surface area contributed by atoms with Gasteiger partial charge in [-0.2, -0.15) is 0 Å². The van der Waals surface area contributed by atoms with Crippen LogP contribution in [0.2, 0.25) is 0 Å². The highest BCUT2D eigenvalue weighted by Gasteiger charge is 2.34. The molecule has 2 aromatic carbocycles. The van der Waals surface area contributed by atoms with Crippen molar-refractivity contribution in [3.63, 3.8) is 0 Å². The molecule has 1 N–H and O–H groups in total. The lowest BCUT2D eigenvalue weighted by Crippen LogP contribution is -2.29. The Kier molecular flexibility index (Phi) is 7.02. The fraction of sp³-hybridized carbons (Fsp3) is 0.552. The zero-order valence-electron chi connectivity index (χ0n) is 21.3. The summed E-state index contributed by atoms with van der Waals surface area (Å²) in [5.41, 5.74) is 4.96. The van der Waals surface area contributed by atoms with Crippen molar-refractivity contribution in [3.8, 4) is 5.75 Å². The van der Waals surface area contributed by atoms with Crippen molar-refractivity contribution >= 4 is 22.7 Å². The molecule has 0 aliphatic heterocycles. The summed E-state index contributed by atoms with van der Waals surface area (Å²) < 4.78 is 8.44. The first-order chi connectivity index (χ1) is 15.8. The van der Waals surface area contributed by atoms with E-state index in [1.807, 2.05) is 0 Å². The third-order valence-electron chi connectivity index (χ3n) is 6.99. The molecule has 1 fully saturated rings. The van der Waals surface area contributed by atoms with Crippen LogP contribution in [0.1, 0.15) is 91.2 Å². The van der Waals surface area contributed by atoms with Gasteiger partial charge in [0.05, 0.1) is 17.6 Å². The van der Waals surface area contributed by atoms with Crippen molar-refractivity contribution < 1.29 is 4.74 Å². The highest BCUT2D eigenvalue weighted by Crippen LogP contribution is 2.46. The lowest BCUT2D eigenvalue weighted by Gasteiger charge is -2.40. The van der Waals surface area contributed by atoms with Crippen molar-refractivity contribution in [1.29, 1.82) is 0 Å². The monoisotopic (exact) mass is 447 g/mol. The van der Waals surface area contributed by atoms with E-state index in [1.54, 1.807) is 0 Å². The van der Waals surface area contributed by atoms with Gasteiger partial charge in [0.15, 0.2) is 0 Å². The molecule has 0 bridgehead atoms. The van der Waals surface area contributed by atoms with Gasteiger partial charge in [0.1, 0.15) is 5.75 Å². The van der Waals surface area contributed by atoms with Crippen LogP contribution in [0.25, 0.3) is 11.0 Å². The Hall–Kier alpha value is -2.49. The maximum atomic E-state index is 5.98. The van der Waals surface area contributed by atoms with Gasteiger partial charge in [-0.3, -0.25) is 0 Å². The van der Waals surface area contributed by atoms with E-state index in [9.17, 15) is 0 Å². The number of nitrogens with zero attached hydrogens (tertiary/aromatic N) is 2. The molecule has 4 rings (SSSR count). The summed E-state index contributed by atoms with van der Waals surface area (Å²) in [5, 5.41) is 3.65. The highest BCUT2D eigenvalue weighted by atomic mass is 16.5. The number of imidazole rings is 1. The van der Waals surface area contributed by atoms with Crippen molar-refractivity contribution in [3.05, 3.63) is 48.0 Å². The Morgan fingerprint density at radius 1 is 1.12 bits per heavy atom. The molecule has 0 saturated heterocycles. The zero-order valence-corrected chi connectivity index (χ0v) is 21.3. The highest BCUT2D eigenvalue weighted by molar-refractivity contribution is 5.81. The van der Waals surface area contributed by atoms with Gasteiger partial charge in [-0.25, -0.2) is 4.98 Å². The van der Waals surface area contributed by atoms with Crippen molar-refractivity contribution in [1.82, 2.24) is 9.55 Å². The summed E-state index contributed by atoms with van der Waals surface area (Å²) in [4.78, 5) is 5.07. The first kappa shape index (κ1) is 23.7. The number of ether oxygens (including phenoxy) is 1. The van der Waals surface area contributed by atoms with Gasteiger partial charge in [-0.05, 0) is 72.8 Å². The maximum Gasteiger partial charge on any atom is 0.208 e. The van der Waals surface area contributed by atoms with Gasteiger partial charge in [0.2, 0.25) is 5.95 Å². The van der Waals surface area contributed by atoms with Gasteiger partial charge in [0.25, 0.3) is 0 Å². The summed E-state index contributed by atoms with van der Waals surface area (Å²) in [6.45, 7) is 14.6. The van der Waals surface area contributed by atoms with E-state index < -0.39 is 0 Å². The number of nitrogens with one attached hydrogen (secondary N) is 1. The molecule has 1 aliphatic rings. The Labute approximate surface area is 199 Å². The van der Waals surface area contributed by atoms with Crippen LogP contribution in [-0.2, 0) is 0 Å². The van der Waals surface area contributed by atoms with Gasteiger partial charge >= 0.3 is 0 Å². The minimum Gasteiger partial charge on any atom is -0.494 e. The van der Waals surface area contributed by atoms with Crippen LogP contribution >= 0.6 is 0 Å². The van der Waals surface area contributed by atoms with E-state index in [1.165, 1.54) is 30.3 Å². The molecule has 3 aromatic rings. The SMILES string of the molecule is CCCCOc1ccc2c(c1)nc(Nc1ccc(C(C)C)cc1)n2[C@H]1C[C@@H](C)CC(C)(C)C1. The molecule has 2 atom stereocenters. The number of rotatable bonds is 8. The van der Waals surface area contributed by atoms with E-state index in [0.717, 1.165) is 42.4 Å². The molecule has 1 saturated carbocycles. The fourth-order valence-corrected chi connectivity index (χ4v) is 5.53. The number of anilines is 2. The summed E-state index contributed by atoms with van der Waals surface area (Å²) in [6.07, 6.45) is 5.84. The van der Waals surface area contributed by atoms with E-state index in [-0.39, 0.29) is 0 Å². The van der Waals surface area contributed by atoms with Crippen LogP contribution in [0.3, 0.4) is 0 Å². The fourth-order valence-electron chi connectivity index (χ4n) is 5.53. The minimum absolute atomic E-state index is 0.332. The first-order valence-corrected chi connectivity index (χ1v) is 12.8. The molecule has 4 nitrogen and oxygen atoms in total. The van der Waals surface area contributed by atoms with Gasteiger partial charge in [0, 0.05) is 17.8 Å². The Morgan fingerprint density at radius 3 is 2.55 bits per heavy atom. The number of hydrogen-bond donors (Lipinski definition) is 1. The molecule has 4 heteroatoms. The van der Waals surface area contributed by atoms with E-state index in [2.05, 4.69) is 93.9 Å².